The highest BCUT2D eigenvalue weighted by atomic mass is 35.5. The summed E-state index contributed by atoms with van der Waals surface area (Å²) in [5, 5.41) is 6.06. The maximum atomic E-state index is 12.3. The third kappa shape index (κ3) is 6.30. The van der Waals surface area contributed by atoms with Crippen LogP contribution in [0.4, 0.5) is 0 Å². The quantitative estimate of drug-likeness (QED) is 0.718. The lowest BCUT2D eigenvalue weighted by molar-refractivity contribution is -0.120. The lowest BCUT2D eigenvalue weighted by Gasteiger charge is -2.18. The standard InChI is InChI=1S/C16H24N2O4S.ClH/c1-3-17-12(2)11-18-16(19)6-9-23(20)13-4-5-14-15(10-13)22-8-7-21-14;/h4-5,10,12,17H,3,6-9,11H2,1-2H3,(H,18,19);1H/t12-,23?;/m1./s1. The van der Waals surface area contributed by atoms with E-state index in [4.69, 9.17) is 9.47 Å². The van der Waals surface area contributed by atoms with Crippen LogP contribution in [0.5, 0.6) is 11.5 Å². The first-order chi connectivity index (χ1) is 11.1. The first-order valence-corrected chi connectivity index (χ1v) is 9.20. The van der Waals surface area contributed by atoms with Crippen molar-refractivity contribution in [2.24, 2.45) is 0 Å². The van der Waals surface area contributed by atoms with Gasteiger partial charge in [-0.25, -0.2) is 0 Å². The van der Waals surface area contributed by atoms with Gasteiger partial charge in [-0.15, -0.1) is 12.4 Å². The second kappa shape index (κ2) is 10.5. The van der Waals surface area contributed by atoms with Crippen molar-refractivity contribution < 1.29 is 18.5 Å². The van der Waals surface area contributed by atoms with Crippen molar-refractivity contribution in [1.82, 2.24) is 10.6 Å². The van der Waals surface area contributed by atoms with Gasteiger partial charge in [0.25, 0.3) is 0 Å². The second-order valence-electron chi connectivity index (χ2n) is 5.37. The van der Waals surface area contributed by atoms with E-state index in [1.807, 2.05) is 13.8 Å². The number of carbonyl (C=O) groups excluding carboxylic acids is 1. The molecule has 1 aliphatic heterocycles. The number of nitrogens with one attached hydrogen (secondary N) is 2. The van der Waals surface area contributed by atoms with Crippen molar-refractivity contribution >= 4 is 29.1 Å². The molecule has 1 heterocycles. The van der Waals surface area contributed by atoms with Gasteiger partial charge in [0.2, 0.25) is 5.91 Å². The third-order valence-electron chi connectivity index (χ3n) is 3.45. The van der Waals surface area contributed by atoms with Gasteiger partial charge in [-0.05, 0) is 25.6 Å². The Kier molecular flexibility index (Phi) is 9.10. The van der Waals surface area contributed by atoms with E-state index in [1.54, 1.807) is 18.2 Å². The SMILES string of the molecule is CCN[C@H](C)CNC(=O)CCS(=O)c1ccc2c(c1)OCCO2.Cl. The number of halogens is 1. The van der Waals surface area contributed by atoms with Crippen LogP contribution in [0.1, 0.15) is 20.3 Å². The summed E-state index contributed by atoms with van der Waals surface area (Å²) in [6.45, 7) is 6.50. The largest absolute Gasteiger partial charge is 0.486 e. The van der Waals surface area contributed by atoms with Gasteiger partial charge in [0.05, 0.1) is 10.8 Å². The van der Waals surface area contributed by atoms with Crippen LogP contribution in [0, 0.1) is 0 Å². The van der Waals surface area contributed by atoms with Gasteiger partial charge in [-0.1, -0.05) is 6.92 Å². The number of hydrogen-bond donors (Lipinski definition) is 2. The molecule has 2 atom stereocenters. The summed E-state index contributed by atoms with van der Waals surface area (Å²) in [7, 11) is -1.23. The van der Waals surface area contributed by atoms with Gasteiger partial charge in [0.15, 0.2) is 11.5 Å². The van der Waals surface area contributed by atoms with Crippen LogP contribution in [0.3, 0.4) is 0 Å². The zero-order chi connectivity index (χ0) is 16.7. The predicted molar refractivity (Wildman–Crippen MR) is 96.7 cm³/mol. The average Bonchev–Trinajstić information content (AvgIpc) is 2.57. The van der Waals surface area contributed by atoms with Gasteiger partial charge >= 0.3 is 0 Å². The Labute approximate surface area is 151 Å². The Morgan fingerprint density at radius 1 is 1.29 bits per heavy atom. The molecule has 2 rings (SSSR count). The number of carbonyl (C=O) groups is 1. The molecule has 0 bridgehead atoms. The van der Waals surface area contributed by atoms with Gasteiger partial charge in [0.1, 0.15) is 13.2 Å². The molecule has 136 valence electrons. The molecule has 0 fully saturated rings. The molecular formula is C16H25ClN2O4S. The molecule has 0 saturated heterocycles. The van der Waals surface area contributed by atoms with E-state index in [2.05, 4.69) is 10.6 Å². The normalized spacial score (nSPS) is 15.1. The molecule has 6 nitrogen and oxygen atoms in total. The highest BCUT2D eigenvalue weighted by Gasteiger charge is 2.15. The fourth-order valence-electron chi connectivity index (χ4n) is 2.24. The maximum absolute atomic E-state index is 12.3. The summed E-state index contributed by atoms with van der Waals surface area (Å²) in [4.78, 5) is 12.5. The molecule has 0 saturated carbocycles. The molecule has 0 aromatic heterocycles. The minimum atomic E-state index is -1.23. The van der Waals surface area contributed by atoms with Crippen molar-refractivity contribution in [3.8, 4) is 11.5 Å². The van der Waals surface area contributed by atoms with E-state index >= 15 is 0 Å². The summed E-state index contributed by atoms with van der Waals surface area (Å²) in [6.07, 6.45) is 0.236. The first kappa shape index (κ1) is 20.7. The van der Waals surface area contributed by atoms with E-state index < -0.39 is 10.8 Å². The predicted octanol–water partition coefficient (Wildman–Crippen LogP) is 1.49. The van der Waals surface area contributed by atoms with Crippen LogP contribution in [-0.4, -0.2) is 48.2 Å². The Morgan fingerprint density at radius 2 is 2.00 bits per heavy atom. The van der Waals surface area contributed by atoms with Crippen LogP contribution >= 0.6 is 12.4 Å². The number of rotatable bonds is 8. The van der Waals surface area contributed by atoms with Crippen molar-refractivity contribution in [1.29, 1.82) is 0 Å². The summed E-state index contributed by atoms with van der Waals surface area (Å²) < 4.78 is 23.2. The van der Waals surface area contributed by atoms with Crippen molar-refractivity contribution in [2.75, 3.05) is 32.1 Å². The highest BCUT2D eigenvalue weighted by Crippen LogP contribution is 2.31. The van der Waals surface area contributed by atoms with Crippen molar-refractivity contribution in [3.05, 3.63) is 18.2 Å². The molecule has 24 heavy (non-hydrogen) atoms. The van der Waals surface area contributed by atoms with E-state index in [1.165, 1.54) is 0 Å². The molecule has 0 aliphatic carbocycles. The number of likely N-dealkylation sites (N-methyl/N-ethyl adjacent to an activating group) is 1. The molecule has 0 spiro atoms. The smallest absolute Gasteiger partial charge is 0.220 e. The zero-order valence-electron chi connectivity index (χ0n) is 14.0. The van der Waals surface area contributed by atoms with Gasteiger partial charge in [0, 0.05) is 35.7 Å². The summed E-state index contributed by atoms with van der Waals surface area (Å²) in [5.74, 6) is 1.50. The molecule has 1 aromatic rings. The number of fused-ring (bicyclic) bond motifs is 1. The Balaban J connectivity index is 0.00000288. The minimum absolute atomic E-state index is 0. The molecule has 1 aliphatic rings. The van der Waals surface area contributed by atoms with E-state index in [9.17, 15) is 9.00 Å². The zero-order valence-corrected chi connectivity index (χ0v) is 15.6. The van der Waals surface area contributed by atoms with Crippen LogP contribution in [-0.2, 0) is 15.6 Å². The van der Waals surface area contributed by atoms with Gasteiger partial charge in [-0.2, -0.15) is 0 Å². The maximum Gasteiger partial charge on any atom is 0.220 e. The van der Waals surface area contributed by atoms with Crippen LogP contribution in [0.2, 0.25) is 0 Å². The van der Waals surface area contributed by atoms with E-state index in [0.717, 1.165) is 6.54 Å². The summed E-state index contributed by atoms with van der Waals surface area (Å²) >= 11 is 0. The molecule has 1 aromatic carbocycles. The average molecular weight is 377 g/mol. The van der Waals surface area contributed by atoms with Gasteiger partial charge < -0.3 is 20.1 Å². The monoisotopic (exact) mass is 376 g/mol. The fraction of sp³-hybridized carbons (Fsp3) is 0.562. The third-order valence-corrected chi connectivity index (χ3v) is 4.80. The number of ether oxygens (including phenoxy) is 2. The number of benzene rings is 1. The molecule has 2 N–H and O–H groups in total. The Hall–Kier alpha value is -1.31. The number of hydrogen-bond acceptors (Lipinski definition) is 5. The van der Waals surface area contributed by atoms with Crippen molar-refractivity contribution in [3.63, 3.8) is 0 Å². The number of amides is 1. The summed E-state index contributed by atoms with van der Waals surface area (Å²) in [6, 6.07) is 5.48. The lowest BCUT2D eigenvalue weighted by Crippen LogP contribution is -2.39. The fourth-order valence-corrected chi connectivity index (χ4v) is 3.31. The van der Waals surface area contributed by atoms with E-state index in [-0.39, 0.29) is 30.8 Å². The van der Waals surface area contributed by atoms with E-state index in [0.29, 0.717) is 41.9 Å². The minimum Gasteiger partial charge on any atom is -0.486 e. The highest BCUT2D eigenvalue weighted by molar-refractivity contribution is 7.85. The van der Waals surface area contributed by atoms with Crippen LogP contribution < -0.4 is 20.1 Å². The first-order valence-electron chi connectivity index (χ1n) is 7.88. The van der Waals surface area contributed by atoms with Gasteiger partial charge in [-0.3, -0.25) is 9.00 Å². The Morgan fingerprint density at radius 3 is 2.71 bits per heavy atom. The van der Waals surface area contributed by atoms with Crippen molar-refractivity contribution in [2.45, 2.75) is 31.2 Å². The van der Waals surface area contributed by atoms with Crippen LogP contribution in [0.15, 0.2) is 23.1 Å². The molecule has 1 amide bonds. The molecular weight excluding hydrogens is 352 g/mol. The molecule has 1 unspecified atom stereocenters. The second-order valence-corrected chi connectivity index (χ2v) is 6.94. The molecule has 8 heteroatoms. The summed E-state index contributed by atoms with van der Waals surface area (Å²) in [5.41, 5.74) is 0. The lowest BCUT2D eigenvalue weighted by atomic mass is 10.3. The van der Waals surface area contributed by atoms with Crippen LogP contribution in [0.25, 0.3) is 0 Å². The Bertz CT molecular complexity index is 571. The molecule has 0 radical (unpaired) electrons. The topological polar surface area (TPSA) is 76.7 Å².